The average Bonchev–Trinajstić information content (AvgIpc) is 3.82. The zero-order chi connectivity index (χ0) is 38.2. The Morgan fingerprint density at radius 3 is 1.63 bits per heavy atom. The van der Waals surface area contributed by atoms with E-state index in [-0.39, 0.29) is 10.8 Å². The zero-order valence-electron chi connectivity index (χ0n) is 32.6. The van der Waals surface area contributed by atoms with Gasteiger partial charge in [0, 0.05) is 31.0 Å². The lowest BCUT2D eigenvalue weighted by Crippen LogP contribution is -2.14. The molecule has 0 saturated heterocycles. The Balaban J connectivity index is 1.21. The number of benzene rings is 9. The van der Waals surface area contributed by atoms with Crippen molar-refractivity contribution in [1.29, 1.82) is 0 Å². The van der Waals surface area contributed by atoms with Crippen LogP contribution in [-0.4, -0.2) is 0 Å². The first-order valence-corrected chi connectivity index (χ1v) is 21.0. The van der Waals surface area contributed by atoms with Gasteiger partial charge in [0.2, 0.25) is 0 Å². The third kappa shape index (κ3) is 4.44. The molecule has 57 heavy (non-hydrogen) atoms. The first-order chi connectivity index (χ1) is 27.8. The van der Waals surface area contributed by atoms with Crippen LogP contribution in [0.2, 0.25) is 0 Å². The summed E-state index contributed by atoms with van der Waals surface area (Å²) in [4.78, 5) is 0. The summed E-state index contributed by atoms with van der Waals surface area (Å²) in [6.07, 6.45) is 0. The van der Waals surface area contributed by atoms with Crippen LogP contribution in [0, 0.1) is 0 Å². The van der Waals surface area contributed by atoms with Crippen LogP contribution < -0.4 is 0 Å². The third-order valence-electron chi connectivity index (χ3n) is 13.5. The fraction of sp³-hybridized carbons (Fsp3) is 0.107. The minimum atomic E-state index is -0.0942. The van der Waals surface area contributed by atoms with Crippen LogP contribution in [0.25, 0.3) is 97.4 Å². The van der Waals surface area contributed by atoms with Crippen molar-refractivity contribution >= 4 is 53.1 Å². The van der Waals surface area contributed by atoms with Crippen molar-refractivity contribution in [2.24, 2.45) is 0 Å². The molecule has 270 valence electrons. The normalized spacial score (nSPS) is 14.6. The fourth-order valence-corrected chi connectivity index (χ4v) is 11.9. The molecule has 1 aromatic heterocycles. The van der Waals surface area contributed by atoms with Crippen molar-refractivity contribution in [2.45, 2.75) is 38.5 Å². The van der Waals surface area contributed by atoms with Gasteiger partial charge in [0.05, 0.1) is 0 Å². The average molecular weight is 745 g/mol. The summed E-state index contributed by atoms with van der Waals surface area (Å²) in [6.45, 7) is 9.53. The molecule has 12 rings (SSSR count). The second kappa shape index (κ2) is 11.6. The van der Waals surface area contributed by atoms with Crippen LogP contribution in [0.1, 0.15) is 49.9 Å². The lowest BCUT2D eigenvalue weighted by atomic mass is 9.80. The quantitative estimate of drug-likeness (QED) is 0.158. The van der Waals surface area contributed by atoms with Gasteiger partial charge in [-0.2, -0.15) is 0 Å². The monoisotopic (exact) mass is 744 g/mol. The summed E-state index contributed by atoms with van der Waals surface area (Å²) in [7, 11) is 0. The topological polar surface area (TPSA) is 0 Å². The molecule has 0 nitrogen and oxygen atoms in total. The molecule has 0 fully saturated rings. The smallest absolute Gasteiger partial charge is 0.0361 e. The standard InChI is InChI=1S/C56H40S/c1-55(2)46-23-11-8-18-40(46)53-42(20-13-24-47(53)55)52-38-17-6-5-16-37(38)51(43-21-14-26-50-54(43)41-19-9-12-25-49(41)57-50)39-30-28-33(31-44(39)52)34-27-29-36-35-15-7-10-22-45(35)56(3,4)48(36)32-34/h5-32H,1-4H3. The summed E-state index contributed by atoms with van der Waals surface area (Å²) in [5.41, 5.74) is 18.6. The number of fused-ring (bicyclic) bond motifs is 11. The largest absolute Gasteiger partial charge is 0.135 e. The zero-order valence-corrected chi connectivity index (χ0v) is 33.4. The number of hydrogen-bond donors (Lipinski definition) is 0. The van der Waals surface area contributed by atoms with Crippen LogP contribution in [0.4, 0.5) is 0 Å². The fourth-order valence-electron chi connectivity index (χ4n) is 10.8. The molecule has 0 spiro atoms. The summed E-state index contributed by atoms with van der Waals surface area (Å²) in [6, 6.07) is 64.5. The van der Waals surface area contributed by atoms with Crippen molar-refractivity contribution in [2.75, 3.05) is 0 Å². The summed E-state index contributed by atoms with van der Waals surface area (Å²) in [5.74, 6) is 0. The third-order valence-corrected chi connectivity index (χ3v) is 14.6. The Bertz CT molecular complexity index is 3350. The lowest BCUT2D eigenvalue weighted by molar-refractivity contribution is 0.660. The molecule has 2 aliphatic carbocycles. The summed E-state index contributed by atoms with van der Waals surface area (Å²) < 4.78 is 2.66. The van der Waals surface area contributed by atoms with Crippen molar-refractivity contribution in [3.8, 4) is 55.6 Å². The first kappa shape index (κ1) is 32.9. The van der Waals surface area contributed by atoms with Gasteiger partial charge in [-0.15, -0.1) is 11.3 Å². The molecule has 0 amide bonds. The van der Waals surface area contributed by atoms with Gasteiger partial charge in [0.15, 0.2) is 0 Å². The first-order valence-electron chi connectivity index (χ1n) is 20.2. The van der Waals surface area contributed by atoms with Gasteiger partial charge in [-0.1, -0.05) is 173 Å². The highest BCUT2D eigenvalue weighted by molar-refractivity contribution is 7.26. The number of rotatable bonds is 3. The molecule has 9 aromatic carbocycles. The van der Waals surface area contributed by atoms with Gasteiger partial charge >= 0.3 is 0 Å². The molecular weight excluding hydrogens is 705 g/mol. The Morgan fingerprint density at radius 2 is 0.825 bits per heavy atom. The molecule has 0 radical (unpaired) electrons. The number of thiophene rings is 1. The van der Waals surface area contributed by atoms with E-state index in [1.807, 2.05) is 11.3 Å². The predicted octanol–water partition coefficient (Wildman–Crippen LogP) is 16.0. The van der Waals surface area contributed by atoms with Gasteiger partial charge in [-0.05, 0) is 124 Å². The van der Waals surface area contributed by atoms with Gasteiger partial charge in [0.1, 0.15) is 0 Å². The second-order valence-electron chi connectivity index (χ2n) is 17.2. The van der Waals surface area contributed by atoms with E-state index in [0.29, 0.717) is 0 Å². The van der Waals surface area contributed by atoms with E-state index < -0.39 is 0 Å². The Morgan fingerprint density at radius 1 is 0.316 bits per heavy atom. The van der Waals surface area contributed by atoms with Crippen molar-refractivity contribution < 1.29 is 0 Å². The molecule has 0 unspecified atom stereocenters. The highest BCUT2D eigenvalue weighted by atomic mass is 32.1. The molecule has 0 N–H and O–H groups in total. The Hall–Kier alpha value is -6.28. The predicted molar refractivity (Wildman–Crippen MR) is 246 cm³/mol. The van der Waals surface area contributed by atoms with Gasteiger partial charge in [-0.25, -0.2) is 0 Å². The van der Waals surface area contributed by atoms with E-state index in [0.717, 1.165) is 0 Å². The van der Waals surface area contributed by atoms with Crippen LogP contribution >= 0.6 is 11.3 Å². The van der Waals surface area contributed by atoms with E-state index in [9.17, 15) is 0 Å². The van der Waals surface area contributed by atoms with E-state index in [4.69, 9.17) is 0 Å². The van der Waals surface area contributed by atoms with E-state index in [2.05, 4.69) is 198 Å². The van der Waals surface area contributed by atoms with Crippen LogP contribution in [0.15, 0.2) is 170 Å². The molecule has 10 aromatic rings. The number of hydrogen-bond acceptors (Lipinski definition) is 1. The van der Waals surface area contributed by atoms with E-state index in [1.165, 1.54) is 120 Å². The maximum atomic E-state index is 2.51. The molecule has 1 heteroatoms. The lowest BCUT2D eigenvalue weighted by Gasteiger charge is -2.23. The summed E-state index contributed by atoms with van der Waals surface area (Å²) >= 11 is 1.89. The maximum absolute atomic E-state index is 2.51. The molecule has 0 atom stereocenters. The maximum Gasteiger partial charge on any atom is 0.0361 e. The van der Waals surface area contributed by atoms with Gasteiger partial charge in [-0.3, -0.25) is 0 Å². The molecular formula is C56H40S. The molecule has 2 aliphatic rings. The van der Waals surface area contributed by atoms with Gasteiger partial charge in [0.25, 0.3) is 0 Å². The SMILES string of the molecule is CC1(C)c2ccccc2-c2ccc(-c3ccc4c(-c5cccc6sc7ccccc7c56)c5ccccc5c(-c5cccc6c5-c5ccccc5C6(C)C)c4c3)cc21. The highest BCUT2D eigenvalue weighted by Crippen LogP contribution is 2.56. The van der Waals surface area contributed by atoms with Crippen LogP contribution in [0.5, 0.6) is 0 Å². The summed E-state index contributed by atoms with van der Waals surface area (Å²) in [5, 5.41) is 7.82. The van der Waals surface area contributed by atoms with E-state index in [1.54, 1.807) is 0 Å². The minimum absolute atomic E-state index is 0.0694. The van der Waals surface area contributed by atoms with Crippen molar-refractivity contribution in [3.63, 3.8) is 0 Å². The van der Waals surface area contributed by atoms with Crippen molar-refractivity contribution in [3.05, 3.63) is 192 Å². The Kier molecular flexibility index (Phi) is 6.72. The molecule has 0 bridgehead atoms. The van der Waals surface area contributed by atoms with Crippen LogP contribution in [-0.2, 0) is 10.8 Å². The molecule has 0 aliphatic heterocycles. The molecule has 1 heterocycles. The van der Waals surface area contributed by atoms with Crippen LogP contribution in [0.3, 0.4) is 0 Å². The van der Waals surface area contributed by atoms with Crippen molar-refractivity contribution in [1.82, 2.24) is 0 Å². The second-order valence-corrected chi connectivity index (χ2v) is 18.2. The van der Waals surface area contributed by atoms with Gasteiger partial charge < -0.3 is 0 Å². The minimum Gasteiger partial charge on any atom is -0.135 e. The van der Waals surface area contributed by atoms with E-state index >= 15 is 0 Å². The molecule has 0 saturated carbocycles. The highest BCUT2D eigenvalue weighted by Gasteiger charge is 2.38. The Labute approximate surface area is 337 Å².